The highest BCUT2D eigenvalue weighted by atomic mass is 16.6. The van der Waals surface area contributed by atoms with E-state index < -0.39 is 4.92 Å². The molecule has 0 radical (unpaired) electrons. The van der Waals surface area contributed by atoms with Gasteiger partial charge in [0, 0.05) is 32.2 Å². The molecule has 0 unspecified atom stereocenters. The van der Waals surface area contributed by atoms with Crippen LogP contribution in [0.5, 0.6) is 0 Å². The van der Waals surface area contributed by atoms with Gasteiger partial charge in [-0.2, -0.15) is 0 Å². The Labute approximate surface area is 122 Å². The van der Waals surface area contributed by atoms with E-state index in [0.717, 1.165) is 32.8 Å². The lowest BCUT2D eigenvalue weighted by atomic mass is 10.1. The first-order valence-electron chi connectivity index (χ1n) is 7.02. The van der Waals surface area contributed by atoms with E-state index in [1.165, 1.54) is 6.07 Å². The number of nitro groups is 1. The van der Waals surface area contributed by atoms with Gasteiger partial charge in [0.25, 0.3) is 11.6 Å². The molecular formula is C14H17N3O4. The highest BCUT2D eigenvalue weighted by Crippen LogP contribution is 2.30. The molecule has 0 aliphatic carbocycles. The molecule has 0 bridgehead atoms. The van der Waals surface area contributed by atoms with Crippen molar-refractivity contribution in [3.63, 3.8) is 0 Å². The second kappa shape index (κ2) is 5.79. The topological polar surface area (TPSA) is 75.9 Å². The number of ether oxygens (including phenoxy) is 1. The van der Waals surface area contributed by atoms with Crippen molar-refractivity contribution >= 4 is 11.6 Å². The Morgan fingerprint density at radius 3 is 2.71 bits per heavy atom. The number of hydrogen-bond acceptors (Lipinski definition) is 5. The standard InChI is InChI=1S/C14H17N3O4/c18-14-11-2-1-3-13(17(19)20)12(11)10-16(14)5-4-15-6-8-21-9-7-15/h1-3H,4-10H2. The fourth-order valence-corrected chi connectivity index (χ4v) is 2.81. The fourth-order valence-electron chi connectivity index (χ4n) is 2.81. The molecular weight excluding hydrogens is 274 g/mol. The third kappa shape index (κ3) is 2.74. The van der Waals surface area contributed by atoms with Crippen LogP contribution in [0.1, 0.15) is 15.9 Å². The van der Waals surface area contributed by atoms with E-state index in [1.54, 1.807) is 17.0 Å². The highest BCUT2D eigenvalue weighted by Gasteiger charge is 2.32. The number of benzene rings is 1. The van der Waals surface area contributed by atoms with Crippen LogP contribution < -0.4 is 0 Å². The quantitative estimate of drug-likeness (QED) is 0.608. The molecule has 0 aromatic heterocycles. The van der Waals surface area contributed by atoms with Gasteiger partial charge in [-0.15, -0.1) is 0 Å². The van der Waals surface area contributed by atoms with Gasteiger partial charge in [-0.05, 0) is 6.07 Å². The van der Waals surface area contributed by atoms with Crippen molar-refractivity contribution < 1.29 is 14.5 Å². The van der Waals surface area contributed by atoms with Gasteiger partial charge in [0.1, 0.15) is 0 Å². The van der Waals surface area contributed by atoms with Crippen LogP contribution in [0.2, 0.25) is 0 Å². The molecule has 2 aliphatic rings. The molecule has 0 N–H and O–H groups in total. The van der Waals surface area contributed by atoms with Crippen LogP contribution in [-0.2, 0) is 11.3 Å². The summed E-state index contributed by atoms with van der Waals surface area (Å²) in [5.74, 6) is -0.109. The van der Waals surface area contributed by atoms with Gasteiger partial charge in [-0.25, -0.2) is 0 Å². The number of nitro benzene ring substituents is 1. The Balaban J connectivity index is 1.68. The number of morpholine rings is 1. The monoisotopic (exact) mass is 291 g/mol. The minimum absolute atomic E-state index is 0.0368. The van der Waals surface area contributed by atoms with Gasteiger partial charge in [0.05, 0.1) is 35.8 Å². The van der Waals surface area contributed by atoms with Crippen LogP contribution in [0.3, 0.4) is 0 Å². The van der Waals surface area contributed by atoms with E-state index in [4.69, 9.17) is 4.74 Å². The molecule has 112 valence electrons. The summed E-state index contributed by atoms with van der Waals surface area (Å²) < 4.78 is 5.29. The molecule has 3 rings (SSSR count). The van der Waals surface area contributed by atoms with Crippen molar-refractivity contribution in [2.45, 2.75) is 6.54 Å². The second-order valence-corrected chi connectivity index (χ2v) is 5.24. The zero-order valence-corrected chi connectivity index (χ0v) is 11.7. The first kappa shape index (κ1) is 14.0. The van der Waals surface area contributed by atoms with Crippen LogP contribution in [0, 0.1) is 10.1 Å². The summed E-state index contributed by atoms with van der Waals surface area (Å²) in [4.78, 5) is 26.8. The SMILES string of the molecule is O=C1c2cccc([N+](=O)[O-])c2CN1CCN1CCOCC1. The number of rotatable bonds is 4. The van der Waals surface area contributed by atoms with Crippen molar-refractivity contribution in [3.05, 3.63) is 39.4 Å². The maximum Gasteiger partial charge on any atom is 0.275 e. The van der Waals surface area contributed by atoms with Crippen LogP contribution in [-0.4, -0.2) is 60.0 Å². The van der Waals surface area contributed by atoms with Crippen LogP contribution >= 0.6 is 0 Å². The summed E-state index contributed by atoms with van der Waals surface area (Å²) in [5.41, 5.74) is 1.04. The van der Waals surface area contributed by atoms with Crippen LogP contribution in [0.15, 0.2) is 18.2 Å². The van der Waals surface area contributed by atoms with Gasteiger partial charge in [0.2, 0.25) is 0 Å². The van der Waals surface area contributed by atoms with E-state index in [0.29, 0.717) is 24.2 Å². The fraction of sp³-hybridized carbons (Fsp3) is 0.500. The average molecular weight is 291 g/mol. The van der Waals surface area contributed by atoms with Crippen molar-refractivity contribution in [2.75, 3.05) is 39.4 Å². The third-order valence-electron chi connectivity index (χ3n) is 4.00. The molecule has 1 aromatic carbocycles. The van der Waals surface area contributed by atoms with Crippen LogP contribution in [0.25, 0.3) is 0 Å². The summed E-state index contributed by atoms with van der Waals surface area (Å²) in [7, 11) is 0. The lowest BCUT2D eigenvalue weighted by Crippen LogP contribution is -2.41. The maximum absolute atomic E-state index is 12.3. The maximum atomic E-state index is 12.3. The first-order chi connectivity index (χ1) is 10.2. The van der Waals surface area contributed by atoms with Gasteiger partial charge in [0.15, 0.2) is 0 Å². The molecule has 1 saturated heterocycles. The number of fused-ring (bicyclic) bond motifs is 1. The average Bonchev–Trinajstić information content (AvgIpc) is 2.83. The van der Waals surface area contributed by atoms with E-state index in [9.17, 15) is 14.9 Å². The Bertz CT molecular complexity index is 569. The van der Waals surface area contributed by atoms with E-state index in [-0.39, 0.29) is 11.6 Å². The molecule has 2 aliphatic heterocycles. The summed E-state index contributed by atoms with van der Waals surface area (Å²) in [6.45, 7) is 4.88. The van der Waals surface area contributed by atoms with Gasteiger partial charge < -0.3 is 9.64 Å². The van der Waals surface area contributed by atoms with E-state index in [2.05, 4.69) is 4.90 Å². The third-order valence-corrected chi connectivity index (χ3v) is 4.00. The number of nitrogens with zero attached hydrogens (tertiary/aromatic N) is 3. The van der Waals surface area contributed by atoms with Crippen molar-refractivity contribution in [1.29, 1.82) is 0 Å². The number of carbonyl (C=O) groups is 1. The van der Waals surface area contributed by atoms with Gasteiger partial charge in [-0.3, -0.25) is 19.8 Å². The van der Waals surface area contributed by atoms with Crippen molar-refractivity contribution in [2.24, 2.45) is 0 Å². The van der Waals surface area contributed by atoms with Gasteiger partial charge in [-0.1, -0.05) is 6.07 Å². The molecule has 0 atom stereocenters. The summed E-state index contributed by atoms with van der Waals surface area (Å²) in [5, 5.41) is 11.0. The summed E-state index contributed by atoms with van der Waals surface area (Å²) in [6.07, 6.45) is 0. The lowest BCUT2D eigenvalue weighted by Gasteiger charge is -2.28. The zero-order valence-electron chi connectivity index (χ0n) is 11.7. The van der Waals surface area contributed by atoms with Crippen LogP contribution in [0.4, 0.5) is 5.69 Å². The molecule has 7 nitrogen and oxygen atoms in total. The number of amides is 1. The molecule has 2 heterocycles. The highest BCUT2D eigenvalue weighted by molar-refractivity contribution is 5.99. The van der Waals surface area contributed by atoms with E-state index >= 15 is 0 Å². The predicted molar refractivity (Wildman–Crippen MR) is 75.1 cm³/mol. The Hall–Kier alpha value is -1.99. The first-order valence-corrected chi connectivity index (χ1v) is 7.02. The normalized spacial score (nSPS) is 18.9. The number of hydrogen-bond donors (Lipinski definition) is 0. The Morgan fingerprint density at radius 2 is 2.00 bits per heavy atom. The van der Waals surface area contributed by atoms with Crippen molar-refractivity contribution in [3.8, 4) is 0 Å². The molecule has 0 saturated carbocycles. The summed E-state index contributed by atoms with van der Waals surface area (Å²) >= 11 is 0. The van der Waals surface area contributed by atoms with E-state index in [1.807, 2.05) is 0 Å². The Morgan fingerprint density at radius 1 is 1.24 bits per heavy atom. The number of carbonyl (C=O) groups excluding carboxylic acids is 1. The Kier molecular flexibility index (Phi) is 3.85. The molecule has 21 heavy (non-hydrogen) atoms. The molecule has 0 spiro atoms. The summed E-state index contributed by atoms with van der Waals surface area (Å²) in [6, 6.07) is 4.69. The van der Waals surface area contributed by atoms with Gasteiger partial charge >= 0.3 is 0 Å². The molecule has 7 heteroatoms. The minimum atomic E-state index is -0.419. The van der Waals surface area contributed by atoms with Crippen molar-refractivity contribution in [1.82, 2.24) is 9.80 Å². The largest absolute Gasteiger partial charge is 0.379 e. The smallest absolute Gasteiger partial charge is 0.275 e. The zero-order chi connectivity index (χ0) is 14.8. The molecule has 1 aromatic rings. The minimum Gasteiger partial charge on any atom is -0.379 e. The molecule has 1 amide bonds. The molecule has 1 fully saturated rings. The lowest BCUT2D eigenvalue weighted by molar-refractivity contribution is -0.385. The predicted octanol–water partition coefficient (Wildman–Crippen LogP) is 0.883. The second-order valence-electron chi connectivity index (χ2n) is 5.24.